The van der Waals surface area contributed by atoms with Crippen LogP contribution in [-0.4, -0.2) is 37.8 Å². The van der Waals surface area contributed by atoms with Crippen LogP contribution < -0.4 is 16.0 Å². The fourth-order valence-corrected chi connectivity index (χ4v) is 4.83. The van der Waals surface area contributed by atoms with E-state index < -0.39 is 0 Å². The maximum absolute atomic E-state index is 11.8. The average Bonchev–Trinajstić information content (AvgIpc) is 3.91. The minimum Gasteiger partial charge on any atom is -0.383 e. The summed E-state index contributed by atoms with van der Waals surface area (Å²) in [6.07, 6.45) is 11.0. The molecule has 2 aliphatic carbocycles. The third-order valence-corrected chi connectivity index (χ3v) is 7.45. The van der Waals surface area contributed by atoms with Crippen LogP contribution in [0.2, 0.25) is 0 Å². The fraction of sp³-hybridized carbons (Fsp3) is 0.294. The van der Waals surface area contributed by atoms with E-state index in [4.69, 9.17) is 0 Å². The maximum Gasteiger partial charge on any atom is 0.228 e. The van der Waals surface area contributed by atoms with E-state index in [0.717, 1.165) is 69.9 Å². The molecule has 3 N–H and O–H groups in total. The SMILES string of the molecule is CC(C)Nc1ccc2cc(NC(=O)C3CC3)ncc2c1.Cc1nccnc1-c1ccc2cc(NC(=O)C3CC3)ncc2c1. The number of hydrogen-bond donors (Lipinski definition) is 3. The lowest BCUT2D eigenvalue weighted by Gasteiger charge is -2.11. The predicted molar refractivity (Wildman–Crippen MR) is 171 cm³/mol. The zero-order valence-corrected chi connectivity index (χ0v) is 24.6. The summed E-state index contributed by atoms with van der Waals surface area (Å²) < 4.78 is 0. The zero-order chi connectivity index (χ0) is 29.9. The van der Waals surface area contributed by atoms with Gasteiger partial charge in [-0.1, -0.05) is 18.2 Å². The van der Waals surface area contributed by atoms with Crippen LogP contribution in [0.1, 0.15) is 45.2 Å². The van der Waals surface area contributed by atoms with Crippen LogP contribution >= 0.6 is 0 Å². The Morgan fingerprint density at radius 3 is 1.81 bits per heavy atom. The first-order valence-electron chi connectivity index (χ1n) is 14.8. The number of fused-ring (bicyclic) bond motifs is 2. The highest BCUT2D eigenvalue weighted by Crippen LogP contribution is 2.31. The van der Waals surface area contributed by atoms with Gasteiger partial charge in [0.25, 0.3) is 0 Å². The van der Waals surface area contributed by atoms with Crippen molar-refractivity contribution < 1.29 is 9.59 Å². The van der Waals surface area contributed by atoms with E-state index >= 15 is 0 Å². The molecule has 218 valence electrons. The standard InChI is InChI=1S/C18H16N4O.C16H19N3O/c1-11-17(20-7-6-19-11)14-5-4-13-9-16(21-10-15(13)8-14)22-18(23)12-2-3-12;1-10(2)18-14-6-5-12-8-15(17-9-13(12)7-14)19-16(20)11-3-4-11/h4-10,12H,2-3H2,1H3,(H,21,22,23);5-11,18H,3-4H2,1-2H3,(H,17,19,20). The molecule has 2 aromatic carbocycles. The summed E-state index contributed by atoms with van der Waals surface area (Å²) in [5.41, 5.74) is 3.87. The summed E-state index contributed by atoms with van der Waals surface area (Å²) in [7, 11) is 0. The summed E-state index contributed by atoms with van der Waals surface area (Å²) in [5, 5.41) is 13.3. The van der Waals surface area contributed by atoms with E-state index in [1.165, 1.54) is 0 Å². The summed E-state index contributed by atoms with van der Waals surface area (Å²) >= 11 is 0. The molecule has 7 rings (SSSR count). The summed E-state index contributed by atoms with van der Waals surface area (Å²) in [5.74, 6) is 1.79. The Morgan fingerprint density at radius 2 is 1.26 bits per heavy atom. The first kappa shape index (κ1) is 28.2. The maximum atomic E-state index is 11.8. The van der Waals surface area contributed by atoms with Crippen molar-refractivity contribution in [2.45, 2.75) is 52.5 Å². The molecule has 43 heavy (non-hydrogen) atoms. The third-order valence-electron chi connectivity index (χ3n) is 7.45. The molecule has 0 spiro atoms. The van der Waals surface area contributed by atoms with E-state index in [0.29, 0.717) is 17.7 Å². The van der Waals surface area contributed by atoms with E-state index in [9.17, 15) is 9.59 Å². The number of nitrogens with zero attached hydrogens (tertiary/aromatic N) is 4. The molecule has 3 aromatic heterocycles. The van der Waals surface area contributed by atoms with Crippen molar-refractivity contribution in [2.75, 3.05) is 16.0 Å². The van der Waals surface area contributed by atoms with Gasteiger partial charge in [-0.25, -0.2) is 9.97 Å². The van der Waals surface area contributed by atoms with Crippen LogP contribution in [0.15, 0.2) is 73.3 Å². The highest BCUT2D eigenvalue weighted by atomic mass is 16.2. The summed E-state index contributed by atoms with van der Waals surface area (Å²) in [4.78, 5) is 40.9. The second-order valence-corrected chi connectivity index (χ2v) is 11.6. The van der Waals surface area contributed by atoms with Crippen LogP contribution in [0.5, 0.6) is 0 Å². The van der Waals surface area contributed by atoms with E-state index in [1.54, 1.807) is 18.6 Å². The molecule has 2 saturated carbocycles. The lowest BCUT2D eigenvalue weighted by molar-refractivity contribution is -0.118. The molecule has 2 fully saturated rings. The van der Waals surface area contributed by atoms with Gasteiger partial charge in [-0.2, -0.15) is 0 Å². The molecule has 0 radical (unpaired) electrons. The topological polar surface area (TPSA) is 122 Å². The number of aromatic nitrogens is 4. The molecule has 0 bridgehead atoms. The van der Waals surface area contributed by atoms with Crippen LogP contribution in [0.25, 0.3) is 32.8 Å². The van der Waals surface area contributed by atoms with E-state index in [2.05, 4.69) is 67.9 Å². The first-order valence-corrected chi connectivity index (χ1v) is 14.8. The van der Waals surface area contributed by atoms with Crippen molar-refractivity contribution >= 4 is 50.7 Å². The Hall–Kier alpha value is -4.92. The van der Waals surface area contributed by atoms with Gasteiger partial charge < -0.3 is 16.0 Å². The summed E-state index contributed by atoms with van der Waals surface area (Å²) in [6.45, 7) is 6.17. The number of amides is 2. The Morgan fingerprint density at radius 1 is 0.698 bits per heavy atom. The molecule has 9 heteroatoms. The minimum atomic E-state index is 0.0728. The first-order chi connectivity index (χ1) is 20.8. The summed E-state index contributed by atoms with van der Waals surface area (Å²) in [6, 6.07) is 16.5. The predicted octanol–water partition coefficient (Wildman–Crippen LogP) is 6.75. The van der Waals surface area contributed by atoms with Crippen molar-refractivity contribution in [3.63, 3.8) is 0 Å². The molecule has 0 aliphatic heterocycles. The molecule has 3 heterocycles. The molecular formula is C34H35N7O2. The number of nitrogens with one attached hydrogen (secondary N) is 3. The molecule has 0 unspecified atom stereocenters. The molecule has 2 amide bonds. The van der Waals surface area contributed by atoms with Crippen molar-refractivity contribution in [3.8, 4) is 11.3 Å². The highest BCUT2D eigenvalue weighted by Gasteiger charge is 2.30. The fourth-order valence-electron chi connectivity index (χ4n) is 4.83. The van der Waals surface area contributed by atoms with Gasteiger partial charge >= 0.3 is 0 Å². The van der Waals surface area contributed by atoms with Gasteiger partial charge in [-0.15, -0.1) is 0 Å². The third kappa shape index (κ3) is 7.12. The number of aryl methyl sites for hydroxylation is 1. The van der Waals surface area contributed by atoms with Crippen LogP contribution in [0, 0.1) is 18.8 Å². The molecule has 5 aromatic rings. The van der Waals surface area contributed by atoms with Crippen LogP contribution in [0.4, 0.5) is 17.3 Å². The van der Waals surface area contributed by atoms with E-state index in [-0.39, 0.29) is 23.7 Å². The second-order valence-electron chi connectivity index (χ2n) is 11.6. The largest absolute Gasteiger partial charge is 0.383 e. The monoisotopic (exact) mass is 573 g/mol. The Kier molecular flexibility index (Phi) is 7.96. The van der Waals surface area contributed by atoms with Crippen molar-refractivity contribution in [1.29, 1.82) is 0 Å². The van der Waals surface area contributed by atoms with Gasteiger partial charge in [0, 0.05) is 64.7 Å². The number of carbonyl (C=O) groups is 2. The van der Waals surface area contributed by atoms with Gasteiger partial charge in [0.05, 0.1) is 11.4 Å². The van der Waals surface area contributed by atoms with Gasteiger partial charge in [0.2, 0.25) is 11.8 Å². The lowest BCUT2D eigenvalue weighted by Crippen LogP contribution is -2.14. The smallest absolute Gasteiger partial charge is 0.228 e. The van der Waals surface area contributed by atoms with Crippen molar-refractivity contribution in [3.05, 3.63) is 79.0 Å². The molecule has 0 atom stereocenters. The quantitative estimate of drug-likeness (QED) is 0.197. The Labute approximate surface area is 250 Å². The molecular weight excluding hydrogens is 538 g/mol. The number of rotatable bonds is 7. The second kappa shape index (κ2) is 12.1. The molecule has 9 nitrogen and oxygen atoms in total. The Bertz CT molecular complexity index is 1810. The number of carbonyl (C=O) groups excluding carboxylic acids is 2. The zero-order valence-electron chi connectivity index (χ0n) is 24.6. The normalized spacial score (nSPS) is 14.2. The number of pyridine rings is 2. The lowest BCUT2D eigenvalue weighted by atomic mass is 10.1. The van der Waals surface area contributed by atoms with Crippen molar-refractivity contribution in [1.82, 2.24) is 19.9 Å². The molecule has 0 saturated heterocycles. The van der Waals surface area contributed by atoms with Crippen LogP contribution in [0.3, 0.4) is 0 Å². The average molecular weight is 574 g/mol. The van der Waals surface area contributed by atoms with Gasteiger partial charge in [0.1, 0.15) is 11.6 Å². The van der Waals surface area contributed by atoms with Gasteiger partial charge in [-0.05, 0) is 87.6 Å². The van der Waals surface area contributed by atoms with Gasteiger partial charge in [-0.3, -0.25) is 19.6 Å². The van der Waals surface area contributed by atoms with Crippen molar-refractivity contribution in [2.24, 2.45) is 11.8 Å². The minimum absolute atomic E-state index is 0.0728. The highest BCUT2D eigenvalue weighted by molar-refractivity contribution is 5.96. The van der Waals surface area contributed by atoms with Crippen LogP contribution in [-0.2, 0) is 9.59 Å². The Balaban J connectivity index is 0.000000155. The number of anilines is 3. The van der Waals surface area contributed by atoms with E-state index in [1.807, 2.05) is 43.5 Å². The number of benzene rings is 2. The molecule has 2 aliphatic rings. The number of hydrogen-bond acceptors (Lipinski definition) is 7. The van der Waals surface area contributed by atoms with Gasteiger partial charge in [0.15, 0.2) is 0 Å².